The Kier molecular flexibility index (Phi) is 10.8. The summed E-state index contributed by atoms with van der Waals surface area (Å²) in [4.78, 5) is 27.6. The van der Waals surface area contributed by atoms with Crippen LogP contribution in [0.25, 0.3) is 10.8 Å². The Labute approximate surface area is 314 Å². The predicted octanol–water partition coefficient (Wildman–Crippen LogP) is 10.5. The molecule has 0 bridgehead atoms. The number of benzene rings is 5. The zero-order chi connectivity index (χ0) is 37.9. The minimum absolute atomic E-state index is 0.0306. The first-order chi connectivity index (χ1) is 25.3. The van der Waals surface area contributed by atoms with Gasteiger partial charge < -0.3 is 14.8 Å². The molecule has 2 atom stereocenters. The Morgan fingerprint density at radius 3 is 2.15 bits per heavy atom. The molecular weight excluding hydrogens is 659 g/mol. The molecule has 0 fully saturated rings. The van der Waals surface area contributed by atoms with Gasteiger partial charge in [-0.2, -0.15) is 10.1 Å². The maximum absolute atomic E-state index is 14.0. The fraction of sp³-hybridized carbons (Fsp3) is 0.326. The molecule has 5 aromatic rings. The fourth-order valence-electron chi connectivity index (χ4n) is 6.40. The number of anilines is 2. The highest BCUT2D eigenvalue weighted by atomic mass is 16.5. The van der Waals surface area contributed by atoms with Gasteiger partial charge in [0.25, 0.3) is 11.8 Å². The molecule has 274 valence electrons. The van der Waals surface area contributed by atoms with Crippen molar-refractivity contribution in [2.75, 3.05) is 10.3 Å². The monoisotopic (exact) mass is 709 g/mol. The molecule has 5 aromatic carbocycles. The summed E-state index contributed by atoms with van der Waals surface area (Å²) in [5, 5.41) is 11.4. The average molecular weight is 710 g/mol. The fourth-order valence-corrected chi connectivity index (χ4v) is 6.40. The van der Waals surface area contributed by atoms with Crippen LogP contribution in [-0.4, -0.2) is 29.7 Å². The highest BCUT2D eigenvalue weighted by Crippen LogP contribution is 2.39. The second kappa shape index (κ2) is 15.3. The lowest BCUT2D eigenvalue weighted by atomic mass is 9.76. The van der Waals surface area contributed by atoms with Gasteiger partial charge in [0, 0.05) is 16.8 Å². The maximum Gasteiger partial charge on any atom is 0.294 e. The molecule has 0 radical (unpaired) electrons. The number of fused-ring (bicyclic) bond motifs is 1. The van der Waals surface area contributed by atoms with Crippen molar-refractivity contribution in [3.8, 4) is 11.5 Å². The molecule has 6 rings (SSSR count). The van der Waals surface area contributed by atoms with Gasteiger partial charge in [-0.25, -0.2) is 0 Å². The van der Waals surface area contributed by atoms with E-state index in [0.717, 1.165) is 46.1 Å². The molecule has 7 nitrogen and oxygen atoms in total. The molecule has 0 saturated heterocycles. The van der Waals surface area contributed by atoms with E-state index >= 15 is 0 Å². The van der Waals surface area contributed by atoms with Crippen LogP contribution in [-0.2, 0) is 20.4 Å². The summed E-state index contributed by atoms with van der Waals surface area (Å²) in [7, 11) is 0. The van der Waals surface area contributed by atoms with E-state index in [1.807, 2.05) is 80.6 Å². The lowest BCUT2D eigenvalue weighted by Gasteiger charge is -2.31. The standard InChI is InChI=1S/C46H51N3O4/c1-9-39(53-40-27-20-34(45(5,6)10-2)29-38(40)46(7,8)11-3)43(50)47-35-21-23-36(24-22-35)49-44(51)42(52-37-25-16-30(4)17-26-37)41(48-49)33-19-18-31-14-12-13-15-32(31)28-33/h12-29,39,42H,9-11H2,1-8H3,(H,47,50). The van der Waals surface area contributed by atoms with Crippen LogP contribution >= 0.6 is 0 Å². The smallest absolute Gasteiger partial charge is 0.294 e. The second-order valence-electron chi connectivity index (χ2n) is 15.2. The molecule has 1 heterocycles. The third-order valence-electron chi connectivity index (χ3n) is 10.8. The first kappa shape index (κ1) is 37.3. The van der Waals surface area contributed by atoms with Crippen molar-refractivity contribution in [2.24, 2.45) is 5.10 Å². The summed E-state index contributed by atoms with van der Waals surface area (Å²) < 4.78 is 12.8. The molecule has 53 heavy (non-hydrogen) atoms. The lowest BCUT2D eigenvalue weighted by molar-refractivity contribution is -0.123. The van der Waals surface area contributed by atoms with Gasteiger partial charge in [0.05, 0.1) is 5.69 Å². The predicted molar refractivity (Wildman–Crippen MR) is 216 cm³/mol. The van der Waals surface area contributed by atoms with Crippen molar-refractivity contribution in [3.63, 3.8) is 0 Å². The number of amides is 2. The third-order valence-corrected chi connectivity index (χ3v) is 10.8. The summed E-state index contributed by atoms with van der Waals surface area (Å²) in [6.07, 6.45) is 0.810. The SMILES string of the molecule is CCC(Oc1ccc(C(C)(C)CC)cc1C(C)(C)CC)C(=O)Nc1ccc(N2N=C(c3ccc4ccccc4c3)C(Oc3ccc(C)cc3)C2=O)cc1. The quantitative estimate of drug-likeness (QED) is 0.132. The molecule has 0 aliphatic carbocycles. The Bertz CT molecular complexity index is 2130. The zero-order valence-corrected chi connectivity index (χ0v) is 32.2. The van der Waals surface area contributed by atoms with E-state index in [1.54, 1.807) is 24.3 Å². The first-order valence-corrected chi connectivity index (χ1v) is 18.7. The number of nitrogens with one attached hydrogen (secondary N) is 1. The summed E-state index contributed by atoms with van der Waals surface area (Å²) in [5.41, 5.74) is 5.85. The van der Waals surface area contributed by atoms with Gasteiger partial charge in [0.2, 0.25) is 6.10 Å². The van der Waals surface area contributed by atoms with Crippen LogP contribution in [0.15, 0.2) is 114 Å². The van der Waals surface area contributed by atoms with Crippen molar-refractivity contribution in [1.29, 1.82) is 0 Å². The number of hydrogen-bond acceptors (Lipinski definition) is 5. The number of aryl methyl sites for hydroxylation is 1. The van der Waals surface area contributed by atoms with Gasteiger partial charge in [-0.05, 0) is 102 Å². The van der Waals surface area contributed by atoms with Crippen LogP contribution < -0.4 is 19.8 Å². The Hall–Kier alpha value is -5.43. The number of hydrogen-bond donors (Lipinski definition) is 1. The second-order valence-corrected chi connectivity index (χ2v) is 15.2. The van der Waals surface area contributed by atoms with Gasteiger partial charge >= 0.3 is 0 Å². The van der Waals surface area contributed by atoms with Crippen LogP contribution in [0, 0.1) is 6.92 Å². The number of hydrazone groups is 1. The molecule has 1 aliphatic rings. The van der Waals surface area contributed by atoms with Gasteiger partial charge in [-0.3, -0.25) is 9.59 Å². The molecule has 2 unspecified atom stereocenters. The van der Waals surface area contributed by atoms with Crippen LogP contribution in [0.5, 0.6) is 11.5 Å². The molecular formula is C46H51N3O4. The Balaban J connectivity index is 1.22. The van der Waals surface area contributed by atoms with E-state index in [4.69, 9.17) is 14.6 Å². The van der Waals surface area contributed by atoms with Crippen LogP contribution in [0.4, 0.5) is 11.4 Å². The van der Waals surface area contributed by atoms with Gasteiger partial charge in [-0.1, -0.05) is 115 Å². The zero-order valence-electron chi connectivity index (χ0n) is 32.2. The van der Waals surface area contributed by atoms with Crippen molar-refractivity contribution >= 4 is 39.7 Å². The maximum atomic E-state index is 14.0. The highest BCUT2D eigenvalue weighted by Gasteiger charge is 2.40. The van der Waals surface area contributed by atoms with Crippen molar-refractivity contribution in [1.82, 2.24) is 0 Å². The summed E-state index contributed by atoms with van der Waals surface area (Å²) in [6.45, 7) is 17.3. The van der Waals surface area contributed by atoms with Gasteiger partial charge in [0.1, 0.15) is 17.2 Å². The average Bonchev–Trinajstić information content (AvgIpc) is 3.49. The molecule has 1 aliphatic heterocycles. The van der Waals surface area contributed by atoms with Crippen LogP contribution in [0.3, 0.4) is 0 Å². The highest BCUT2D eigenvalue weighted by molar-refractivity contribution is 6.24. The topological polar surface area (TPSA) is 80.2 Å². The van der Waals surface area contributed by atoms with E-state index in [-0.39, 0.29) is 22.6 Å². The minimum atomic E-state index is -0.939. The number of rotatable bonds is 13. The minimum Gasteiger partial charge on any atom is -0.480 e. The molecule has 0 aromatic heterocycles. The number of carbonyl (C=O) groups excluding carboxylic acids is 2. The van der Waals surface area contributed by atoms with Crippen molar-refractivity contribution in [2.45, 2.75) is 97.7 Å². The third kappa shape index (κ3) is 7.99. The number of carbonyl (C=O) groups is 2. The summed E-state index contributed by atoms with van der Waals surface area (Å²) in [6, 6.07) is 35.3. The van der Waals surface area contributed by atoms with E-state index in [2.05, 4.69) is 65.1 Å². The van der Waals surface area contributed by atoms with Crippen LogP contribution in [0.1, 0.15) is 90.0 Å². The molecule has 2 amide bonds. The van der Waals surface area contributed by atoms with Crippen molar-refractivity contribution in [3.05, 3.63) is 131 Å². The lowest BCUT2D eigenvalue weighted by Crippen LogP contribution is -2.37. The Morgan fingerprint density at radius 1 is 0.811 bits per heavy atom. The van der Waals surface area contributed by atoms with Crippen molar-refractivity contribution < 1.29 is 19.1 Å². The van der Waals surface area contributed by atoms with Crippen LogP contribution in [0.2, 0.25) is 0 Å². The number of ether oxygens (including phenoxy) is 2. The van der Waals surface area contributed by atoms with E-state index in [1.165, 1.54) is 10.6 Å². The molecule has 1 N–H and O–H groups in total. The number of nitrogens with zero attached hydrogens (tertiary/aromatic N) is 2. The van der Waals surface area contributed by atoms with E-state index < -0.39 is 12.2 Å². The Morgan fingerprint density at radius 2 is 1.49 bits per heavy atom. The molecule has 0 spiro atoms. The normalized spacial score (nSPS) is 15.3. The largest absolute Gasteiger partial charge is 0.480 e. The summed E-state index contributed by atoms with van der Waals surface area (Å²) >= 11 is 0. The van der Waals surface area contributed by atoms with E-state index in [0.29, 0.717) is 29.3 Å². The molecule has 0 saturated carbocycles. The van der Waals surface area contributed by atoms with E-state index in [9.17, 15) is 9.59 Å². The van der Waals surface area contributed by atoms with Gasteiger partial charge in [-0.15, -0.1) is 0 Å². The summed E-state index contributed by atoms with van der Waals surface area (Å²) in [5.74, 6) is 0.782. The first-order valence-electron chi connectivity index (χ1n) is 18.7. The van der Waals surface area contributed by atoms with Gasteiger partial charge in [0.15, 0.2) is 6.10 Å². The molecule has 7 heteroatoms.